The van der Waals surface area contributed by atoms with Crippen LogP contribution < -0.4 is 5.73 Å². The van der Waals surface area contributed by atoms with Gasteiger partial charge in [-0.05, 0) is 56.3 Å². The SMILES string of the molecule is CC1CCN(CCC(N)c2ccc(F)cc2)C(C)C1. The lowest BCUT2D eigenvalue weighted by Gasteiger charge is -2.37. The van der Waals surface area contributed by atoms with Gasteiger partial charge in [0, 0.05) is 18.6 Å². The first kappa shape index (κ1) is 14.5. The zero-order valence-electron chi connectivity index (χ0n) is 12.0. The third-order valence-electron chi connectivity index (χ3n) is 4.30. The van der Waals surface area contributed by atoms with Crippen LogP contribution in [0.5, 0.6) is 0 Å². The number of hydrogen-bond donors (Lipinski definition) is 1. The molecule has 19 heavy (non-hydrogen) atoms. The summed E-state index contributed by atoms with van der Waals surface area (Å²) in [5.74, 6) is 0.645. The molecule has 0 aromatic heterocycles. The Labute approximate surface area is 115 Å². The molecule has 0 bridgehead atoms. The number of piperidine rings is 1. The van der Waals surface area contributed by atoms with Crippen LogP contribution in [0.3, 0.4) is 0 Å². The average molecular weight is 264 g/mol. The summed E-state index contributed by atoms with van der Waals surface area (Å²) in [5, 5.41) is 0. The van der Waals surface area contributed by atoms with Gasteiger partial charge in [0.25, 0.3) is 0 Å². The Bertz CT molecular complexity index is 390. The summed E-state index contributed by atoms with van der Waals surface area (Å²) >= 11 is 0. The van der Waals surface area contributed by atoms with Gasteiger partial charge < -0.3 is 10.6 Å². The minimum atomic E-state index is -0.199. The molecule has 106 valence electrons. The van der Waals surface area contributed by atoms with E-state index in [2.05, 4.69) is 18.7 Å². The standard InChI is InChI=1S/C16H25FN2/c1-12-7-9-19(13(2)11-12)10-8-16(18)14-3-5-15(17)6-4-14/h3-6,12-13,16H,7-11,18H2,1-2H3. The summed E-state index contributed by atoms with van der Waals surface area (Å²) < 4.78 is 12.9. The van der Waals surface area contributed by atoms with Gasteiger partial charge in [-0.3, -0.25) is 0 Å². The van der Waals surface area contributed by atoms with Gasteiger partial charge in [-0.15, -0.1) is 0 Å². The van der Waals surface area contributed by atoms with E-state index in [1.165, 1.54) is 31.5 Å². The number of likely N-dealkylation sites (tertiary alicyclic amines) is 1. The summed E-state index contributed by atoms with van der Waals surface area (Å²) in [7, 11) is 0. The molecule has 1 aliphatic heterocycles. The Kier molecular flexibility index (Phi) is 4.94. The van der Waals surface area contributed by atoms with Crippen LogP contribution in [0.25, 0.3) is 0 Å². The quantitative estimate of drug-likeness (QED) is 0.903. The molecule has 0 spiro atoms. The third-order valence-corrected chi connectivity index (χ3v) is 4.30. The predicted molar refractivity (Wildman–Crippen MR) is 77.4 cm³/mol. The maximum atomic E-state index is 12.9. The number of halogens is 1. The highest BCUT2D eigenvalue weighted by Gasteiger charge is 2.22. The van der Waals surface area contributed by atoms with Gasteiger partial charge in [0.15, 0.2) is 0 Å². The van der Waals surface area contributed by atoms with Crippen molar-refractivity contribution in [3.63, 3.8) is 0 Å². The molecule has 0 aliphatic carbocycles. The zero-order chi connectivity index (χ0) is 13.8. The monoisotopic (exact) mass is 264 g/mol. The second-order valence-electron chi connectivity index (χ2n) is 5.96. The van der Waals surface area contributed by atoms with Crippen molar-refractivity contribution in [2.75, 3.05) is 13.1 Å². The van der Waals surface area contributed by atoms with Gasteiger partial charge >= 0.3 is 0 Å². The topological polar surface area (TPSA) is 29.3 Å². The maximum absolute atomic E-state index is 12.9. The number of hydrogen-bond acceptors (Lipinski definition) is 2. The normalized spacial score (nSPS) is 26.3. The smallest absolute Gasteiger partial charge is 0.123 e. The summed E-state index contributed by atoms with van der Waals surface area (Å²) in [6.07, 6.45) is 3.51. The first-order chi connectivity index (χ1) is 9.06. The van der Waals surface area contributed by atoms with Gasteiger partial charge in [0.2, 0.25) is 0 Å². The molecular formula is C16H25FN2. The van der Waals surface area contributed by atoms with Crippen molar-refractivity contribution < 1.29 is 4.39 Å². The number of benzene rings is 1. The summed E-state index contributed by atoms with van der Waals surface area (Å²) in [4.78, 5) is 2.53. The third kappa shape index (κ3) is 4.02. The van der Waals surface area contributed by atoms with Crippen molar-refractivity contribution in [1.82, 2.24) is 4.90 Å². The van der Waals surface area contributed by atoms with Crippen LogP contribution in [0.4, 0.5) is 4.39 Å². The van der Waals surface area contributed by atoms with Gasteiger partial charge in [-0.1, -0.05) is 19.1 Å². The highest BCUT2D eigenvalue weighted by molar-refractivity contribution is 5.19. The average Bonchev–Trinajstić information content (AvgIpc) is 2.38. The molecule has 0 radical (unpaired) electrons. The fraction of sp³-hybridized carbons (Fsp3) is 0.625. The fourth-order valence-corrected chi connectivity index (χ4v) is 2.97. The van der Waals surface area contributed by atoms with Crippen LogP contribution in [-0.4, -0.2) is 24.0 Å². The minimum absolute atomic E-state index is 0.00662. The molecule has 1 saturated heterocycles. The first-order valence-electron chi connectivity index (χ1n) is 7.31. The van der Waals surface area contributed by atoms with Crippen LogP contribution in [0.2, 0.25) is 0 Å². The maximum Gasteiger partial charge on any atom is 0.123 e. The summed E-state index contributed by atoms with van der Waals surface area (Å²) in [5.41, 5.74) is 7.21. The van der Waals surface area contributed by atoms with Gasteiger partial charge in [0.05, 0.1) is 0 Å². The van der Waals surface area contributed by atoms with E-state index in [9.17, 15) is 4.39 Å². The van der Waals surface area contributed by atoms with Crippen molar-refractivity contribution in [3.05, 3.63) is 35.6 Å². The predicted octanol–water partition coefficient (Wildman–Crippen LogP) is 3.34. The lowest BCUT2D eigenvalue weighted by Crippen LogP contribution is -2.41. The van der Waals surface area contributed by atoms with Crippen LogP contribution in [-0.2, 0) is 0 Å². The molecule has 2 N–H and O–H groups in total. The van der Waals surface area contributed by atoms with E-state index in [4.69, 9.17) is 5.73 Å². The Hall–Kier alpha value is -0.930. The molecule has 1 fully saturated rings. The number of rotatable bonds is 4. The Balaban J connectivity index is 1.83. The zero-order valence-corrected chi connectivity index (χ0v) is 12.0. The Morgan fingerprint density at radius 1 is 1.32 bits per heavy atom. The van der Waals surface area contributed by atoms with E-state index < -0.39 is 0 Å². The van der Waals surface area contributed by atoms with E-state index in [0.29, 0.717) is 6.04 Å². The highest BCUT2D eigenvalue weighted by atomic mass is 19.1. The largest absolute Gasteiger partial charge is 0.324 e. The Morgan fingerprint density at radius 3 is 2.63 bits per heavy atom. The van der Waals surface area contributed by atoms with E-state index in [1.807, 2.05) is 0 Å². The molecule has 1 aromatic rings. The second-order valence-corrected chi connectivity index (χ2v) is 5.96. The molecule has 2 rings (SSSR count). The lowest BCUT2D eigenvalue weighted by atomic mass is 9.93. The van der Waals surface area contributed by atoms with Crippen molar-refractivity contribution in [3.8, 4) is 0 Å². The molecule has 0 saturated carbocycles. The van der Waals surface area contributed by atoms with Crippen molar-refractivity contribution >= 4 is 0 Å². The summed E-state index contributed by atoms with van der Waals surface area (Å²) in [6.45, 7) is 6.85. The molecule has 1 heterocycles. The molecule has 1 aromatic carbocycles. The van der Waals surface area contributed by atoms with E-state index >= 15 is 0 Å². The van der Waals surface area contributed by atoms with Crippen LogP contribution in [0.15, 0.2) is 24.3 Å². The number of nitrogens with two attached hydrogens (primary N) is 1. The first-order valence-corrected chi connectivity index (χ1v) is 7.31. The van der Waals surface area contributed by atoms with E-state index in [0.717, 1.165) is 24.4 Å². The number of nitrogens with zero attached hydrogens (tertiary/aromatic N) is 1. The van der Waals surface area contributed by atoms with Gasteiger partial charge in [-0.2, -0.15) is 0 Å². The molecule has 3 heteroatoms. The fourth-order valence-electron chi connectivity index (χ4n) is 2.97. The summed E-state index contributed by atoms with van der Waals surface area (Å²) in [6, 6.07) is 7.22. The second kappa shape index (κ2) is 6.49. The van der Waals surface area contributed by atoms with Crippen LogP contribution in [0, 0.1) is 11.7 Å². The van der Waals surface area contributed by atoms with Crippen molar-refractivity contribution in [2.45, 2.75) is 45.2 Å². The van der Waals surface area contributed by atoms with Gasteiger partial charge in [-0.25, -0.2) is 4.39 Å². The Morgan fingerprint density at radius 2 is 2.00 bits per heavy atom. The molecule has 3 atom stereocenters. The van der Waals surface area contributed by atoms with E-state index in [-0.39, 0.29) is 11.9 Å². The van der Waals surface area contributed by atoms with Crippen molar-refractivity contribution in [2.24, 2.45) is 11.7 Å². The van der Waals surface area contributed by atoms with Crippen LogP contribution in [0.1, 0.15) is 44.7 Å². The van der Waals surface area contributed by atoms with E-state index in [1.54, 1.807) is 12.1 Å². The minimum Gasteiger partial charge on any atom is -0.324 e. The molecule has 1 aliphatic rings. The lowest BCUT2D eigenvalue weighted by molar-refractivity contribution is 0.125. The van der Waals surface area contributed by atoms with Crippen molar-refractivity contribution in [1.29, 1.82) is 0 Å². The molecule has 0 amide bonds. The van der Waals surface area contributed by atoms with Crippen LogP contribution >= 0.6 is 0 Å². The highest BCUT2D eigenvalue weighted by Crippen LogP contribution is 2.23. The molecular weight excluding hydrogens is 239 g/mol. The molecule has 3 unspecified atom stereocenters. The van der Waals surface area contributed by atoms with Gasteiger partial charge in [0.1, 0.15) is 5.82 Å². The molecule has 2 nitrogen and oxygen atoms in total.